The average molecular weight is 237 g/mol. The Labute approximate surface area is 101 Å². The van der Waals surface area contributed by atoms with Crippen LogP contribution < -0.4 is 34.7 Å². The second-order valence-corrected chi connectivity index (χ2v) is 2.68. The monoisotopic (exact) mass is 236 g/mol. The second kappa shape index (κ2) is 5.75. The van der Waals surface area contributed by atoms with Gasteiger partial charge in [0.15, 0.2) is 0 Å². The summed E-state index contributed by atoms with van der Waals surface area (Å²) in [6.07, 6.45) is 0. The summed E-state index contributed by atoms with van der Waals surface area (Å²) in [5, 5.41) is 11.0. The summed E-state index contributed by atoms with van der Waals surface area (Å²) in [5.41, 5.74) is 1.27. The van der Waals surface area contributed by atoms with Gasteiger partial charge in [0.25, 0.3) is 0 Å². The molecule has 0 aromatic heterocycles. The van der Waals surface area contributed by atoms with E-state index in [9.17, 15) is 9.90 Å². The summed E-state index contributed by atoms with van der Waals surface area (Å²) < 4.78 is 0. The van der Waals surface area contributed by atoms with Crippen molar-refractivity contribution < 1.29 is 39.5 Å². The topological polar surface area (TPSA) is 40.1 Å². The van der Waals surface area contributed by atoms with Gasteiger partial charge in [0.05, 0.1) is 5.97 Å². The minimum absolute atomic E-state index is 0. The summed E-state index contributed by atoms with van der Waals surface area (Å²) in [6.45, 7) is 0. The van der Waals surface area contributed by atoms with Gasteiger partial charge in [0, 0.05) is 5.33 Å². The fourth-order valence-electron chi connectivity index (χ4n) is 0.730. The van der Waals surface area contributed by atoms with Crippen LogP contribution in [-0.4, -0.2) is 5.97 Å². The molecule has 4 heteroatoms. The zero-order chi connectivity index (χ0) is 8.27. The normalized spacial score (nSPS) is 8.75. The Morgan fingerprint density at radius 3 is 2.17 bits per heavy atom. The van der Waals surface area contributed by atoms with Crippen molar-refractivity contribution in [3.63, 3.8) is 0 Å². The van der Waals surface area contributed by atoms with Crippen molar-refractivity contribution in [2.45, 2.75) is 5.33 Å². The molecule has 0 aliphatic carbocycles. The van der Waals surface area contributed by atoms with Crippen molar-refractivity contribution in [1.82, 2.24) is 0 Å². The smallest absolute Gasteiger partial charge is 0.545 e. The number of carboxylic acids is 1. The van der Waals surface area contributed by atoms with E-state index < -0.39 is 5.97 Å². The number of aromatic carboxylic acids is 1. The first kappa shape index (κ1) is 12.2. The van der Waals surface area contributed by atoms with Gasteiger partial charge in [-0.3, -0.25) is 0 Å². The van der Waals surface area contributed by atoms with E-state index in [1.54, 1.807) is 12.1 Å². The number of benzene rings is 1. The number of alkyl halides is 1. The molecule has 0 atom stereocenters. The van der Waals surface area contributed by atoms with Gasteiger partial charge in [-0.25, -0.2) is 0 Å². The Hall–Kier alpha value is 0.170. The van der Waals surface area contributed by atoms with Gasteiger partial charge in [-0.2, -0.15) is 0 Å². The van der Waals surface area contributed by atoms with Crippen molar-refractivity contribution in [3.8, 4) is 0 Å². The van der Waals surface area contributed by atoms with Crippen molar-refractivity contribution in [3.05, 3.63) is 35.4 Å². The summed E-state index contributed by atoms with van der Waals surface area (Å²) >= 11 is 3.26. The van der Waals surface area contributed by atoms with E-state index in [0.29, 0.717) is 0 Å². The van der Waals surface area contributed by atoms with Gasteiger partial charge in [-0.1, -0.05) is 40.2 Å². The molecule has 0 saturated heterocycles. The molecule has 1 aromatic carbocycles. The fourth-order valence-corrected chi connectivity index (χ4v) is 1.10. The molecule has 58 valence electrons. The molecule has 0 radical (unpaired) electrons. The van der Waals surface area contributed by atoms with Crippen LogP contribution in [0.3, 0.4) is 0 Å². The molecule has 0 bridgehead atoms. The van der Waals surface area contributed by atoms with E-state index in [1.165, 1.54) is 12.1 Å². The molecule has 0 saturated carbocycles. The summed E-state index contributed by atoms with van der Waals surface area (Å²) in [7, 11) is 0. The molecule has 0 aliphatic heterocycles. The summed E-state index contributed by atoms with van der Waals surface area (Å²) in [6, 6.07) is 6.57. The molecule has 0 amide bonds. The molecular weight excluding hydrogens is 231 g/mol. The van der Waals surface area contributed by atoms with Crippen LogP contribution in [0.2, 0.25) is 0 Å². The Kier molecular flexibility index (Phi) is 5.84. The van der Waals surface area contributed by atoms with Gasteiger partial charge in [-0.05, 0) is 11.1 Å². The van der Waals surface area contributed by atoms with Gasteiger partial charge >= 0.3 is 29.6 Å². The van der Waals surface area contributed by atoms with E-state index in [4.69, 9.17) is 0 Å². The maximum absolute atomic E-state index is 10.3. The van der Waals surface area contributed by atoms with Crippen molar-refractivity contribution in [1.29, 1.82) is 0 Å². The number of hydrogen-bond donors (Lipinski definition) is 0. The standard InChI is InChI=1S/C8H7BrO2.Na/c9-5-6-1-3-7(4-2-6)8(10)11;/h1-4H,5H2,(H,10,11);/q;+1/p-1. The van der Waals surface area contributed by atoms with Gasteiger partial charge < -0.3 is 9.90 Å². The van der Waals surface area contributed by atoms with Crippen molar-refractivity contribution in [2.24, 2.45) is 0 Å². The molecule has 12 heavy (non-hydrogen) atoms. The van der Waals surface area contributed by atoms with Crippen LogP contribution in [0, 0.1) is 0 Å². The van der Waals surface area contributed by atoms with Crippen LogP contribution in [-0.2, 0) is 5.33 Å². The van der Waals surface area contributed by atoms with E-state index >= 15 is 0 Å². The van der Waals surface area contributed by atoms with E-state index in [-0.39, 0.29) is 35.1 Å². The van der Waals surface area contributed by atoms with Crippen LogP contribution >= 0.6 is 15.9 Å². The SMILES string of the molecule is O=C([O-])c1ccc(CBr)cc1.[Na+]. The third-order valence-electron chi connectivity index (χ3n) is 1.34. The molecule has 0 heterocycles. The Morgan fingerprint density at radius 2 is 1.83 bits per heavy atom. The van der Waals surface area contributed by atoms with Crippen LogP contribution in [0.4, 0.5) is 0 Å². The van der Waals surface area contributed by atoms with E-state index in [0.717, 1.165) is 10.9 Å². The second-order valence-electron chi connectivity index (χ2n) is 2.12. The predicted molar refractivity (Wildman–Crippen MR) is 43.4 cm³/mol. The van der Waals surface area contributed by atoms with Crippen LogP contribution in [0.25, 0.3) is 0 Å². The van der Waals surface area contributed by atoms with Crippen LogP contribution in [0.5, 0.6) is 0 Å². The zero-order valence-electron chi connectivity index (χ0n) is 6.71. The first-order valence-electron chi connectivity index (χ1n) is 3.10. The number of carboxylic acid groups (broad SMARTS) is 1. The molecule has 1 rings (SSSR count). The number of hydrogen-bond acceptors (Lipinski definition) is 2. The van der Waals surface area contributed by atoms with Crippen LogP contribution in [0.15, 0.2) is 24.3 Å². The quantitative estimate of drug-likeness (QED) is 0.438. The van der Waals surface area contributed by atoms with Gasteiger partial charge in [0.1, 0.15) is 0 Å². The minimum Gasteiger partial charge on any atom is -0.545 e. The summed E-state index contributed by atoms with van der Waals surface area (Å²) in [5.74, 6) is -1.13. The number of rotatable bonds is 2. The molecular formula is C8H6BrNaO2. The molecule has 0 spiro atoms. The third-order valence-corrected chi connectivity index (χ3v) is 1.99. The third kappa shape index (κ3) is 3.27. The van der Waals surface area contributed by atoms with Gasteiger partial charge in [0.2, 0.25) is 0 Å². The molecule has 1 aromatic rings. The number of carbonyl (C=O) groups is 1. The van der Waals surface area contributed by atoms with Crippen LogP contribution in [0.1, 0.15) is 15.9 Å². The fraction of sp³-hybridized carbons (Fsp3) is 0.125. The Morgan fingerprint density at radius 1 is 1.33 bits per heavy atom. The van der Waals surface area contributed by atoms with Crippen molar-refractivity contribution >= 4 is 21.9 Å². The molecule has 0 N–H and O–H groups in total. The van der Waals surface area contributed by atoms with Crippen molar-refractivity contribution in [2.75, 3.05) is 0 Å². The largest absolute Gasteiger partial charge is 1.00 e. The Balaban J connectivity index is 0.00000121. The van der Waals surface area contributed by atoms with E-state index in [1.807, 2.05) is 0 Å². The zero-order valence-corrected chi connectivity index (χ0v) is 10.3. The minimum atomic E-state index is -1.13. The molecule has 2 nitrogen and oxygen atoms in total. The first-order chi connectivity index (χ1) is 5.24. The summed E-state index contributed by atoms with van der Waals surface area (Å²) in [4.78, 5) is 10.3. The maximum Gasteiger partial charge on any atom is 1.00 e. The first-order valence-corrected chi connectivity index (χ1v) is 4.22. The molecule has 0 unspecified atom stereocenters. The maximum atomic E-state index is 10.3. The Bertz CT molecular complexity index is 258. The molecule has 0 fully saturated rings. The number of carbonyl (C=O) groups excluding carboxylic acids is 1. The molecule has 0 aliphatic rings. The number of halogens is 1. The van der Waals surface area contributed by atoms with E-state index in [2.05, 4.69) is 15.9 Å². The van der Waals surface area contributed by atoms with Gasteiger partial charge in [-0.15, -0.1) is 0 Å². The average Bonchev–Trinajstić information content (AvgIpc) is 2.05. The predicted octanol–water partition coefficient (Wildman–Crippen LogP) is -2.05.